The van der Waals surface area contributed by atoms with Gasteiger partial charge in [0.05, 0.1) is 11.6 Å². The first-order chi connectivity index (χ1) is 8.92. The zero-order chi connectivity index (χ0) is 14.5. The van der Waals surface area contributed by atoms with Gasteiger partial charge in [-0.25, -0.2) is 4.39 Å². The van der Waals surface area contributed by atoms with Crippen molar-refractivity contribution in [1.82, 2.24) is 5.32 Å². The lowest BCUT2D eigenvalue weighted by molar-refractivity contribution is -0.0399. The van der Waals surface area contributed by atoms with Gasteiger partial charge >= 0.3 is 0 Å². The molecule has 0 spiro atoms. The monoisotopic (exact) mass is 287 g/mol. The van der Waals surface area contributed by atoms with E-state index in [0.717, 1.165) is 13.0 Å². The molecule has 4 heteroatoms. The van der Waals surface area contributed by atoms with Gasteiger partial charge in [0.25, 0.3) is 0 Å². The van der Waals surface area contributed by atoms with Crippen LogP contribution < -0.4 is 5.32 Å². The quantitative estimate of drug-likeness (QED) is 0.806. The van der Waals surface area contributed by atoms with E-state index >= 15 is 0 Å². The highest BCUT2D eigenvalue weighted by molar-refractivity contribution is 6.30. The molecule has 19 heavy (non-hydrogen) atoms. The van der Waals surface area contributed by atoms with Crippen molar-refractivity contribution in [3.8, 4) is 0 Å². The Kier molecular flexibility index (Phi) is 6.24. The van der Waals surface area contributed by atoms with Gasteiger partial charge in [0.15, 0.2) is 0 Å². The van der Waals surface area contributed by atoms with Crippen LogP contribution in [0.3, 0.4) is 0 Å². The van der Waals surface area contributed by atoms with E-state index in [-0.39, 0.29) is 11.9 Å². The minimum absolute atomic E-state index is 0.204. The van der Waals surface area contributed by atoms with Crippen molar-refractivity contribution in [3.63, 3.8) is 0 Å². The molecule has 1 rings (SSSR count). The smallest absolute Gasteiger partial charge is 0.129 e. The Morgan fingerprint density at radius 2 is 2.05 bits per heavy atom. The first-order valence-electron chi connectivity index (χ1n) is 6.74. The molecular formula is C15H23ClFNO. The Hall–Kier alpha value is -0.640. The summed E-state index contributed by atoms with van der Waals surface area (Å²) in [6.07, 6.45) is 0.980. The summed E-state index contributed by atoms with van der Waals surface area (Å²) < 4.78 is 19.9. The Bertz CT molecular complexity index is 409. The molecule has 0 saturated heterocycles. The van der Waals surface area contributed by atoms with E-state index in [4.69, 9.17) is 16.3 Å². The molecule has 0 aromatic heterocycles. The molecule has 0 radical (unpaired) electrons. The predicted octanol–water partition coefficient (Wildman–Crippen LogP) is 4.33. The molecule has 1 N–H and O–H groups in total. The van der Waals surface area contributed by atoms with Gasteiger partial charge in [-0.1, -0.05) is 24.6 Å². The van der Waals surface area contributed by atoms with Crippen LogP contribution in [-0.4, -0.2) is 18.8 Å². The molecule has 0 aliphatic heterocycles. The van der Waals surface area contributed by atoms with Crippen molar-refractivity contribution in [3.05, 3.63) is 34.6 Å². The van der Waals surface area contributed by atoms with E-state index in [2.05, 4.69) is 12.2 Å². The van der Waals surface area contributed by atoms with Gasteiger partial charge in [-0.3, -0.25) is 0 Å². The molecule has 0 aliphatic carbocycles. The number of hydrogen-bond acceptors (Lipinski definition) is 2. The Morgan fingerprint density at radius 1 is 1.37 bits per heavy atom. The molecule has 1 atom stereocenters. The van der Waals surface area contributed by atoms with Crippen LogP contribution in [0.1, 0.15) is 45.7 Å². The maximum Gasteiger partial charge on any atom is 0.129 e. The molecule has 0 saturated carbocycles. The summed E-state index contributed by atoms with van der Waals surface area (Å²) in [4.78, 5) is 0. The van der Waals surface area contributed by atoms with Gasteiger partial charge in [-0.15, -0.1) is 0 Å². The van der Waals surface area contributed by atoms with Crippen LogP contribution in [0.2, 0.25) is 5.02 Å². The first kappa shape index (κ1) is 16.4. The maximum atomic E-state index is 14.1. The molecule has 1 unspecified atom stereocenters. The standard InChI is InChI=1S/C15H23ClFNO/c1-5-9-18-14(15(3,4)19-6-2)12-8-7-11(16)10-13(12)17/h7-8,10,14,18H,5-6,9H2,1-4H3. The van der Waals surface area contributed by atoms with Crippen LogP contribution in [0.5, 0.6) is 0 Å². The minimum Gasteiger partial charge on any atom is -0.374 e. The average Bonchev–Trinajstić information content (AvgIpc) is 2.31. The molecule has 0 fully saturated rings. The summed E-state index contributed by atoms with van der Waals surface area (Å²) in [6, 6.07) is 4.58. The zero-order valence-corrected chi connectivity index (χ0v) is 12.9. The van der Waals surface area contributed by atoms with Crippen molar-refractivity contribution in [2.75, 3.05) is 13.2 Å². The largest absolute Gasteiger partial charge is 0.374 e. The van der Waals surface area contributed by atoms with Crippen LogP contribution in [0.25, 0.3) is 0 Å². The van der Waals surface area contributed by atoms with E-state index in [0.29, 0.717) is 17.2 Å². The van der Waals surface area contributed by atoms with Crippen molar-refractivity contribution in [2.24, 2.45) is 0 Å². The lowest BCUT2D eigenvalue weighted by atomic mass is 9.91. The van der Waals surface area contributed by atoms with E-state index < -0.39 is 5.60 Å². The fourth-order valence-corrected chi connectivity index (χ4v) is 2.37. The first-order valence-corrected chi connectivity index (χ1v) is 7.12. The highest BCUT2D eigenvalue weighted by Gasteiger charge is 2.32. The van der Waals surface area contributed by atoms with Gasteiger partial charge in [0, 0.05) is 17.2 Å². The second-order valence-corrected chi connectivity index (χ2v) is 5.53. The van der Waals surface area contributed by atoms with Gasteiger partial charge in [0.1, 0.15) is 5.82 Å². The lowest BCUT2D eigenvalue weighted by Crippen LogP contribution is -2.42. The fraction of sp³-hybridized carbons (Fsp3) is 0.600. The minimum atomic E-state index is -0.488. The SMILES string of the molecule is CCCNC(c1ccc(Cl)cc1F)C(C)(C)OCC. The normalized spacial score (nSPS) is 13.6. The number of halogens is 2. The average molecular weight is 288 g/mol. The molecule has 0 aliphatic rings. The highest BCUT2D eigenvalue weighted by atomic mass is 35.5. The number of nitrogens with one attached hydrogen (secondary N) is 1. The maximum absolute atomic E-state index is 14.1. The molecule has 108 valence electrons. The Labute approximate surface area is 120 Å². The van der Waals surface area contributed by atoms with Crippen LogP contribution >= 0.6 is 11.6 Å². The van der Waals surface area contributed by atoms with Gasteiger partial charge in [-0.2, -0.15) is 0 Å². The third-order valence-electron chi connectivity index (χ3n) is 3.08. The molecule has 0 bridgehead atoms. The summed E-state index contributed by atoms with van der Waals surface area (Å²) in [5, 5.41) is 3.77. The Morgan fingerprint density at radius 3 is 2.58 bits per heavy atom. The molecule has 2 nitrogen and oxygen atoms in total. The van der Waals surface area contributed by atoms with Crippen LogP contribution in [0, 0.1) is 5.82 Å². The second kappa shape index (κ2) is 7.22. The fourth-order valence-electron chi connectivity index (χ4n) is 2.21. The van der Waals surface area contributed by atoms with E-state index in [1.807, 2.05) is 20.8 Å². The summed E-state index contributed by atoms with van der Waals surface area (Å²) in [7, 11) is 0. The molecule has 0 heterocycles. The number of benzene rings is 1. The van der Waals surface area contributed by atoms with Gasteiger partial charge in [-0.05, 0) is 45.9 Å². The van der Waals surface area contributed by atoms with Gasteiger partial charge < -0.3 is 10.1 Å². The highest BCUT2D eigenvalue weighted by Crippen LogP contribution is 2.31. The molecular weight excluding hydrogens is 265 g/mol. The third kappa shape index (κ3) is 4.44. The summed E-state index contributed by atoms with van der Waals surface area (Å²) >= 11 is 5.81. The van der Waals surface area contributed by atoms with Crippen molar-refractivity contribution < 1.29 is 9.13 Å². The summed E-state index contributed by atoms with van der Waals surface area (Å²) in [6.45, 7) is 9.36. The molecule has 1 aromatic rings. The van der Waals surface area contributed by atoms with Crippen molar-refractivity contribution >= 4 is 11.6 Å². The van der Waals surface area contributed by atoms with Crippen molar-refractivity contribution in [2.45, 2.75) is 45.8 Å². The third-order valence-corrected chi connectivity index (χ3v) is 3.32. The number of rotatable bonds is 7. The predicted molar refractivity (Wildman–Crippen MR) is 78.1 cm³/mol. The van der Waals surface area contributed by atoms with E-state index in [1.165, 1.54) is 6.07 Å². The molecule has 1 aromatic carbocycles. The van der Waals surface area contributed by atoms with Gasteiger partial charge in [0.2, 0.25) is 0 Å². The van der Waals surface area contributed by atoms with Crippen molar-refractivity contribution in [1.29, 1.82) is 0 Å². The van der Waals surface area contributed by atoms with Crippen LogP contribution in [-0.2, 0) is 4.74 Å². The van der Waals surface area contributed by atoms with E-state index in [9.17, 15) is 4.39 Å². The van der Waals surface area contributed by atoms with E-state index in [1.54, 1.807) is 12.1 Å². The van der Waals surface area contributed by atoms with Crippen LogP contribution in [0.4, 0.5) is 4.39 Å². The Balaban J connectivity index is 3.08. The molecule has 0 amide bonds. The second-order valence-electron chi connectivity index (χ2n) is 5.09. The lowest BCUT2D eigenvalue weighted by Gasteiger charge is -2.35. The zero-order valence-electron chi connectivity index (χ0n) is 12.1. The topological polar surface area (TPSA) is 21.3 Å². The number of hydrogen-bond donors (Lipinski definition) is 1. The van der Waals surface area contributed by atoms with Crippen LogP contribution in [0.15, 0.2) is 18.2 Å². The summed E-state index contributed by atoms with van der Waals surface area (Å²) in [5.74, 6) is -0.297. The number of ether oxygens (including phenoxy) is 1. The summed E-state index contributed by atoms with van der Waals surface area (Å²) in [5.41, 5.74) is 0.106.